The summed E-state index contributed by atoms with van der Waals surface area (Å²) in [5, 5.41) is 3.04. The molecule has 1 unspecified atom stereocenters. The minimum Gasteiger partial charge on any atom is -0.496 e. The average molecular weight is 299 g/mol. The van der Waals surface area contributed by atoms with Gasteiger partial charge in [-0.1, -0.05) is 12.1 Å². The van der Waals surface area contributed by atoms with Crippen molar-refractivity contribution in [2.75, 3.05) is 7.11 Å². The van der Waals surface area contributed by atoms with Crippen molar-refractivity contribution in [3.05, 3.63) is 47.5 Å². The third kappa shape index (κ3) is 2.98. The molecule has 5 nitrogen and oxygen atoms in total. The van der Waals surface area contributed by atoms with E-state index in [0.717, 1.165) is 42.0 Å². The average Bonchev–Trinajstić information content (AvgIpc) is 3.01. The summed E-state index contributed by atoms with van der Waals surface area (Å²) in [4.78, 5) is 16.5. The lowest BCUT2D eigenvalue weighted by Crippen LogP contribution is -2.34. The summed E-state index contributed by atoms with van der Waals surface area (Å²) in [6.45, 7) is 3.41. The highest BCUT2D eigenvalue weighted by Crippen LogP contribution is 2.21. The third-order valence-electron chi connectivity index (χ3n) is 4.28. The molecular weight excluding hydrogens is 278 g/mol. The van der Waals surface area contributed by atoms with E-state index in [1.165, 1.54) is 0 Å². The van der Waals surface area contributed by atoms with Gasteiger partial charge in [0.25, 0.3) is 0 Å². The van der Waals surface area contributed by atoms with Gasteiger partial charge in [-0.25, -0.2) is 4.98 Å². The molecule has 1 N–H and O–H groups in total. The molecule has 0 aliphatic carbocycles. The minimum absolute atomic E-state index is 0.0385. The molecule has 1 aliphatic heterocycles. The Balaban J connectivity index is 1.59. The van der Waals surface area contributed by atoms with Crippen molar-refractivity contribution in [3.63, 3.8) is 0 Å². The Kier molecular flexibility index (Phi) is 4.13. The number of rotatable bonds is 4. The number of hydrogen-bond acceptors (Lipinski definition) is 3. The Bertz CT molecular complexity index is 678. The summed E-state index contributed by atoms with van der Waals surface area (Å²) in [7, 11) is 1.66. The molecule has 1 aromatic heterocycles. The first kappa shape index (κ1) is 14.6. The molecular formula is C17H21N3O2. The molecule has 2 aromatic rings. The van der Waals surface area contributed by atoms with Crippen molar-refractivity contribution in [2.45, 2.75) is 32.9 Å². The van der Waals surface area contributed by atoms with E-state index in [0.29, 0.717) is 6.54 Å². The van der Waals surface area contributed by atoms with Crippen LogP contribution in [0, 0.1) is 12.8 Å². The standard InChI is InChI=1S/C17H21N3O2/c1-12-3-4-13(7-16(12)22-2)9-19-17(21)14-5-6-20-11-18-10-15(20)8-14/h3-4,7,10-11,14H,5-6,8-9H2,1-2H3,(H,19,21). The fourth-order valence-corrected chi connectivity index (χ4v) is 2.90. The lowest BCUT2D eigenvalue weighted by molar-refractivity contribution is -0.125. The highest BCUT2D eigenvalue weighted by molar-refractivity contribution is 5.79. The molecule has 5 heteroatoms. The van der Waals surface area contributed by atoms with Gasteiger partial charge in [-0.05, 0) is 30.5 Å². The smallest absolute Gasteiger partial charge is 0.223 e. The maximum atomic E-state index is 12.4. The highest BCUT2D eigenvalue weighted by atomic mass is 16.5. The van der Waals surface area contributed by atoms with Gasteiger partial charge in [-0.2, -0.15) is 0 Å². The van der Waals surface area contributed by atoms with Crippen LogP contribution in [0.15, 0.2) is 30.7 Å². The number of nitrogens with zero attached hydrogens (tertiary/aromatic N) is 2. The monoisotopic (exact) mass is 299 g/mol. The number of amides is 1. The molecule has 3 rings (SSSR count). The second-order valence-electron chi connectivity index (χ2n) is 5.79. The summed E-state index contributed by atoms with van der Waals surface area (Å²) in [5.74, 6) is 1.01. The van der Waals surface area contributed by atoms with E-state index in [1.54, 1.807) is 7.11 Å². The fourth-order valence-electron chi connectivity index (χ4n) is 2.90. The van der Waals surface area contributed by atoms with Crippen molar-refractivity contribution in [3.8, 4) is 5.75 Å². The van der Waals surface area contributed by atoms with Crippen LogP contribution in [0.2, 0.25) is 0 Å². The van der Waals surface area contributed by atoms with E-state index in [9.17, 15) is 4.79 Å². The third-order valence-corrected chi connectivity index (χ3v) is 4.28. The number of aryl methyl sites for hydroxylation is 2. The Morgan fingerprint density at radius 1 is 1.50 bits per heavy atom. The van der Waals surface area contributed by atoms with Crippen molar-refractivity contribution < 1.29 is 9.53 Å². The van der Waals surface area contributed by atoms with Gasteiger partial charge >= 0.3 is 0 Å². The maximum absolute atomic E-state index is 12.4. The first-order valence-electron chi connectivity index (χ1n) is 7.57. The van der Waals surface area contributed by atoms with Gasteiger partial charge in [0.2, 0.25) is 5.91 Å². The maximum Gasteiger partial charge on any atom is 0.223 e. The van der Waals surface area contributed by atoms with Gasteiger partial charge in [-0.15, -0.1) is 0 Å². The van der Waals surface area contributed by atoms with Crippen molar-refractivity contribution in [1.82, 2.24) is 14.9 Å². The zero-order chi connectivity index (χ0) is 15.5. The summed E-state index contributed by atoms with van der Waals surface area (Å²) >= 11 is 0. The van der Waals surface area contributed by atoms with E-state index >= 15 is 0 Å². The molecule has 1 aliphatic rings. The number of ether oxygens (including phenoxy) is 1. The van der Waals surface area contributed by atoms with Crippen LogP contribution in [0.3, 0.4) is 0 Å². The SMILES string of the molecule is COc1cc(CNC(=O)C2CCn3cncc3C2)ccc1C. The molecule has 116 valence electrons. The molecule has 0 saturated heterocycles. The molecule has 0 saturated carbocycles. The first-order valence-corrected chi connectivity index (χ1v) is 7.57. The van der Waals surface area contributed by atoms with E-state index in [-0.39, 0.29) is 11.8 Å². The highest BCUT2D eigenvalue weighted by Gasteiger charge is 2.24. The number of hydrogen-bond donors (Lipinski definition) is 1. The molecule has 0 spiro atoms. The molecule has 0 bridgehead atoms. The largest absolute Gasteiger partial charge is 0.496 e. The number of benzene rings is 1. The lowest BCUT2D eigenvalue weighted by atomic mass is 9.95. The number of carbonyl (C=O) groups excluding carboxylic acids is 1. The molecule has 22 heavy (non-hydrogen) atoms. The second-order valence-corrected chi connectivity index (χ2v) is 5.79. The quantitative estimate of drug-likeness (QED) is 0.940. The van der Waals surface area contributed by atoms with Crippen LogP contribution in [0.5, 0.6) is 5.75 Å². The molecule has 1 atom stereocenters. The van der Waals surface area contributed by atoms with E-state index < -0.39 is 0 Å². The van der Waals surface area contributed by atoms with Crippen LogP contribution in [-0.4, -0.2) is 22.6 Å². The number of methoxy groups -OCH3 is 1. The van der Waals surface area contributed by atoms with E-state index in [1.807, 2.05) is 37.6 Å². The predicted octanol–water partition coefficient (Wildman–Crippen LogP) is 2.08. The van der Waals surface area contributed by atoms with Gasteiger partial charge in [0, 0.05) is 37.3 Å². The van der Waals surface area contributed by atoms with Crippen molar-refractivity contribution in [1.29, 1.82) is 0 Å². The normalized spacial score (nSPS) is 16.9. The van der Waals surface area contributed by atoms with Gasteiger partial charge in [0.05, 0.1) is 13.4 Å². The fraction of sp³-hybridized carbons (Fsp3) is 0.412. The Labute approximate surface area is 130 Å². The van der Waals surface area contributed by atoms with Crippen LogP contribution in [0.4, 0.5) is 0 Å². The Morgan fingerprint density at radius 3 is 3.18 bits per heavy atom. The number of nitrogens with one attached hydrogen (secondary N) is 1. The molecule has 0 radical (unpaired) electrons. The number of aromatic nitrogens is 2. The topological polar surface area (TPSA) is 56.1 Å². The number of carbonyl (C=O) groups is 1. The minimum atomic E-state index is 0.0385. The molecule has 1 amide bonds. The summed E-state index contributed by atoms with van der Waals surface area (Å²) in [6, 6.07) is 6.01. The molecule has 2 heterocycles. The summed E-state index contributed by atoms with van der Waals surface area (Å²) in [5.41, 5.74) is 3.29. The second kappa shape index (κ2) is 6.22. The van der Waals surface area contributed by atoms with E-state index in [2.05, 4.69) is 14.9 Å². The number of imidazole rings is 1. The van der Waals surface area contributed by atoms with Crippen LogP contribution in [0.25, 0.3) is 0 Å². The number of fused-ring (bicyclic) bond motifs is 1. The Morgan fingerprint density at radius 2 is 2.36 bits per heavy atom. The zero-order valence-corrected chi connectivity index (χ0v) is 13.0. The predicted molar refractivity (Wildman–Crippen MR) is 83.6 cm³/mol. The van der Waals surface area contributed by atoms with Crippen LogP contribution in [-0.2, 0) is 24.3 Å². The first-order chi connectivity index (χ1) is 10.7. The van der Waals surface area contributed by atoms with Crippen LogP contribution < -0.4 is 10.1 Å². The lowest BCUT2D eigenvalue weighted by Gasteiger charge is -2.23. The van der Waals surface area contributed by atoms with Crippen LogP contribution in [0.1, 0.15) is 23.2 Å². The van der Waals surface area contributed by atoms with Gasteiger partial charge in [0.15, 0.2) is 0 Å². The Hall–Kier alpha value is -2.30. The van der Waals surface area contributed by atoms with Crippen LogP contribution >= 0.6 is 0 Å². The van der Waals surface area contributed by atoms with Gasteiger partial charge in [0.1, 0.15) is 5.75 Å². The summed E-state index contributed by atoms with van der Waals surface area (Å²) in [6.07, 6.45) is 5.32. The van der Waals surface area contributed by atoms with E-state index in [4.69, 9.17) is 4.74 Å². The van der Waals surface area contributed by atoms with Gasteiger partial charge in [-0.3, -0.25) is 4.79 Å². The zero-order valence-electron chi connectivity index (χ0n) is 13.0. The van der Waals surface area contributed by atoms with Crippen molar-refractivity contribution >= 4 is 5.91 Å². The van der Waals surface area contributed by atoms with Crippen molar-refractivity contribution in [2.24, 2.45) is 5.92 Å². The summed E-state index contributed by atoms with van der Waals surface area (Å²) < 4.78 is 7.44. The molecule has 0 fully saturated rings. The van der Waals surface area contributed by atoms with Gasteiger partial charge < -0.3 is 14.6 Å². The molecule has 1 aromatic carbocycles.